The molecule has 0 aromatic carbocycles. The van der Waals surface area contributed by atoms with Crippen LogP contribution in [0, 0.1) is 5.92 Å². The number of hydrogen-bond donors (Lipinski definition) is 1. The summed E-state index contributed by atoms with van der Waals surface area (Å²) in [6.07, 6.45) is 8.89. The van der Waals surface area contributed by atoms with Gasteiger partial charge in [0.1, 0.15) is 5.72 Å². The van der Waals surface area contributed by atoms with Gasteiger partial charge in [0.05, 0.1) is 6.61 Å². The molecule has 1 heterocycles. The minimum atomic E-state index is 0.0138. The fraction of sp³-hybridized carbons (Fsp3) is 1.00. The van der Waals surface area contributed by atoms with Gasteiger partial charge in [-0.2, -0.15) is 0 Å². The second kappa shape index (κ2) is 7.29. The molecule has 96 valence electrons. The molecule has 2 unspecified atom stereocenters. The normalized spacial score (nSPS) is 27.2. The molecule has 1 fully saturated rings. The molecule has 1 saturated heterocycles. The van der Waals surface area contributed by atoms with E-state index in [0.29, 0.717) is 5.92 Å². The van der Waals surface area contributed by atoms with Crippen LogP contribution in [0.25, 0.3) is 0 Å². The van der Waals surface area contributed by atoms with E-state index in [0.717, 1.165) is 13.2 Å². The van der Waals surface area contributed by atoms with E-state index >= 15 is 0 Å². The summed E-state index contributed by atoms with van der Waals surface area (Å²) in [4.78, 5) is 0. The van der Waals surface area contributed by atoms with E-state index in [2.05, 4.69) is 26.1 Å². The number of ether oxygens (including phenoxy) is 1. The smallest absolute Gasteiger partial charge is 0.122 e. The van der Waals surface area contributed by atoms with Crippen LogP contribution < -0.4 is 5.32 Å². The Morgan fingerprint density at radius 3 is 2.44 bits per heavy atom. The standard InChI is InChI=1S/C14H29NO/c1-4-7-9-13(6-3)14(10-8-5-2)15-11-12-16-14/h13,15H,4-12H2,1-3H3. The third-order valence-corrected chi connectivity index (χ3v) is 3.85. The molecule has 0 aromatic rings. The molecule has 0 spiro atoms. The van der Waals surface area contributed by atoms with Gasteiger partial charge in [0, 0.05) is 12.5 Å². The van der Waals surface area contributed by atoms with Gasteiger partial charge in [-0.1, -0.05) is 40.0 Å². The van der Waals surface area contributed by atoms with Crippen molar-refractivity contribution in [2.24, 2.45) is 5.92 Å². The van der Waals surface area contributed by atoms with Gasteiger partial charge in [0.15, 0.2) is 0 Å². The Kier molecular flexibility index (Phi) is 6.37. The largest absolute Gasteiger partial charge is 0.359 e. The molecule has 2 nitrogen and oxygen atoms in total. The average Bonchev–Trinajstić information content (AvgIpc) is 2.77. The van der Waals surface area contributed by atoms with Crippen molar-refractivity contribution >= 4 is 0 Å². The van der Waals surface area contributed by atoms with Gasteiger partial charge < -0.3 is 4.74 Å². The van der Waals surface area contributed by atoms with Crippen LogP contribution in [0.4, 0.5) is 0 Å². The third kappa shape index (κ3) is 3.46. The average molecular weight is 227 g/mol. The van der Waals surface area contributed by atoms with Gasteiger partial charge in [0.2, 0.25) is 0 Å². The zero-order valence-electron chi connectivity index (χ0n) is 11.3. The fourth-order valence-corrected chi connectivity index (χ4v) is 2.83. The van der Waals surface area contributed by atoms with Crippen LogP contribution in [-0.4, -0.2) is 18.9 Å². The SMILES string of the molecule is CCCCC(CC)C1(CCCC)NCCO1. The maximum atomic E-state index is 6.08. The molecule has 2 atom stereocenters. The lowest BCUT2D eigenvalue weighted by Crippen LogP contribution is -2.48. The Bertz CT molecular complexity index is 176. The molecular formula is C14H29NO. The lowest BCUT2D eigenvalue weighted by molar-refractivity contribution is -0.0706. The summed E-state index contributed by atoms with van der Waals surface area (Å²) in [7, 11) is 0. The first-order valence-corrected chi connectivity index (χ1v) is 7.18. The van der Waals surface area contributed by atoms with Crippen molar-refractivity contribution in [3.8, 4) is 0 Å². The molecule has 1 aliphatic rings. The van der Waals surface area contributed by atoms with E-state index in [4.69, 9.17) is 4.74 Å². The summed E-state index contributed by atoms with van der Waals surface area (Å²) in [5.74, 6) is 0.696. The number of hydrogen-bond acceptors (Lipinski definition) is 2. The highest BCUT2D eigenvalue weighted by molar-refractivity contribution is 4.89. The first kappa shape index (κ1) is 14.0. The molecule has 16 heavy (non-hydrogen) atoms. The Morgan fingerprint density at radius 1 is 1.19 bits per heavy atom. The van der Waals surface area contributed by atoms with Crippen molar-refractivity contribution in [2.45, 2.75) is 71.4 Å². The lowest BCUT2D eigenvalue weighted by atomic mass is 9.85. The zero-order chi connectivity index (χ0) is 11.9. The first-order chi connectivity index (χ1) is 7.79. The lowest BCUT2D eigenvalue weighted by Gasteiger charge is -2.37. The van der Waals surface area contributed by atoms with Crippen molar-refractivity contribution in [1.29, 1.82) is 0 Å². The molecule has 0 aromatic heterocycles. The number of nitrogens with one attached hydrogen (secondary N) is 1. The van der Waals surface area contributed by atoms with Crippen molar-refractivity contribution < 1.29 is 4.74 Å². The quantitative estimate of drug-likeness (QED) is 0.682. The summed E-state index contributed by atoms with van der Waals surface area (Å²) < 4.78 is 6.08. The van der Waals surface area contributed by atoms with Crippen LogP contribution in [0.2, 0.25) is 0 Å². The summed E-state index contributed by atoms with van der Waals surface area (Å²) >= 11 is 0. The fourth-order valence-electron chi connectivity index (χ4n) is 2.83. The van der Waals surface area contributed by atoms with E-state index in [1.807, 2.05) is 0 Å². The van der Waals surface area contributed by atoms with Crippen LogP contribution in [0.15, 0.2) is 0 Å². The van der Waals surface area contributed by atoms with Crippen molar-refractivity contribution in [2.75, 3.05) is 13.2 Å². The van der Waals surface area contributed by atoms with Crippen LogP contribution in [0.5, 0.6) is 0 Å². The van der Waals surface area contributed by atoms with Crippen LogP contribution in [0.3, 0.4) is 0 Å². The Morgan fingerprint density at radius 2 is 1.94 bits per heavy atom. The van der Waals surface area contributed by atoms with Gasteiger partial charge in [-0.25, -0.2) is 0 Å². The van der Waals surface area contributed by atoms with Crippen molar-refractivity contribution in [3.05, 3.63) is 0 Å². The van der Waals surface area contributed by atoms with Gasteiger partial charge in [-0.3, -0.25) is 5.32 Å². The Hall–Kier alpha value is -0.0800. The predicted molar refractivity (Wildman–Crippen MR) is 69.5 cm³/mol. The van der Waals surface area contributed by atoms with E-state index in [-0.39, 0.29) is 5.72 Å². The summed E-state index contributed by atoms with van der Waals surface area (Å²) in [5.41, 5.74) is 0.0138. The van der Waals surface area contributed by atoms with Gasteiger partial charge in [-0.15, -0.1) is 0 Å². The Labute approximate surface area is 101 Å². The summed E-state index contributed by atoms with van der Waals surface area (Å²) in [5, 5.41) is 3.64. The number of rotatable bonds is 8. The molecule has 1 rings (SSSR count). The maximum absolute atomic E-state index is 6.08. The molecule has 0 bridgehead atoms. The number of unbranched alkanes of at least 4 members (excludes halogenated alkanes) is 2. The van der Waals surface area contributed by atoms with E-state index < -0.39 is 0 Å². The summed E-state index contributed by atoms with van der Waals surface area (Å²) in [6, 6.07) is 0. The van der Waals surface area contributed by atoms with E-state index in [9.17, 15) is 0 Å². The van der Waals surface area contributed by atoms with Crippen LogP contribution in [-0.2, 0) is 4.74 Å². The van der Waals surface area contributed by atoms with Crippen LogP contribution in [0.1, 0.15) is 65.7 Å². The van der Waals surface area contributed by atoms with Gasteiger partial charge >= 0.3 is 0 Å². The minimum absolute atomic E-state index is 0.0138. The molecule has 0 saturated carbocycles. The van der Waals surface area contributed by atoms with E-state index in [1.54, 1.807) is 0 Å². The molecule has 1 aliphatic heterocycles. The maximum Gasteiger partial charge on any atom is 0.122 e. The van der Waals surface area contributed by atoms with Crippen LogP contribution >= 0.6 is 0 Å². The minimum Gasteiger partial charge on any atom is -0.359 e. The van der Waals surface area contributed by atoms with Crippen molar-refractivity contribution in [3.63, 3.8) is 0 Å². The molecule has 0 aliphatic carbocycles. The summed E-state index contributed by atoms with van der Waals surface area (Å²) in [6.45, 7) is 8.76. The molecule has 1 N–H and O–H groups in total. The first-order valence-electron chi connectivity index (χ1n) is 7.18. The zero-order valence-corrected chi connectivity index (χ0v) is 11.3. The molecular weight excluding hydrogens is 198 g/mol. The predicted octanol–water partition coefficient (Wildman–Crippen LogP) is 3.71. The van der Waals surface area contributed by atoms with Gasteiger partial charge in [0.25, 0.3) is 0 Å². The molecule has 0 amide bonds. The van der Waals surface area contributed by atoms with Crippen molar-refractivity contribution in [1.82, 2.24) is 5.32 Å². The van der Waals surface area contributed by atoms with Gasteiger partial charge in [-0.05, 0) is 25.7 Å². The second-order valence-electron chi connectivity index (χ2n) is 5.02. The topological polar surface area (TPSA) is 21.3 Å². The molecule has 2 heteroatoms. The van der Waals surface area contributed by atoms with E-state index in [1.165, 1.54) is 44.9 Å². The third-order valence-electron chi connectivity index (χ3n) is 3.85. The molecule has 0 radical (unpaired) electrons. The highest BCUT2D eigenvalue weighted by Crippen LogP contribution is 2.34. The monoisotopic (exact) mass is 227 g/mol. The highest BCUT2D eigenvalue weighted by Gasteiger charge is 2.40. The Balaban J connectivity index is 2.57. The highest BCUT2D eigenvalue weighted by atomic mass is 16.5. The second-order valence-corrected chi connectivity index (χ2v) is 5.02.